The van der Waals surface area contributed by atoms with Gasteiger partial charge in [-0.2, -0.15) is 0 Å². The van der Waals surface area contributed by atoms with E-state index in [1.807, 2.05) is 0 Å². The summed E-state index contributed by atoms with van der Waals surface area (Å²) in [5.74, 6) is -0.827. The van der Waals surface area contributed by atoms with Crippen molar-refractivity contribution >= 4 is 17.8 Å². The summed E-state index contributed by atoms with van der Waals surface area (Å²) in [7, 11) is 0. The second-order valence-electron chi connectivity index (χ2n) is 1.66. The van der Waals surface area contributed by atoms with Crippen molar-refractivity contribution in [1.29, 1.82) is 0 Å². The number of rotatable bonds is 2. The second-order valence-corrected chi connectivity index (χ2v) is 1.82. The monoisotopic (exact) mass is 153 g/mol. The smallest absolute Gasteiger partial charge is 0.343 e. The third-order valence-electron chi connectivity index (χ3n) is 0.868. The van der Waals surface area contributed by atoms with Gasteiger partial charge in [-0.1, -0.05) is 0 Å². The Hall–Kier alpha value is -0.320. The maximum atomic E-state index is 10.3. The predicted octanol–water partition coefficient (Wildman–Crippen LogP) is -0.608. The van der Waals surface area contributed by atoms with Gasteiger partial charge in [0.05, 0.1) is 6.10 Å². The molecule has 0 aliphatic heterocycles. The molecule has 0 radical (unpaired) electrons. The number of aliphatic hydroxyl groups is 1. The number of hydrogen-bond donors (Lipinski definition) is 2. The van der Waals surface area contributed by atoms with E-state index >= 15 is 0 Å². The van der Waals surface area contributed by atoms with E-state index in [4.69, 9.17) is 10.8 Å². The van der Waals surface area contributed by atoms with Gasteiger partial charge in [0.1, 0.15) is 17.9 Å². The van der Waals surface area contributed by atoms with Crippen LogP contribution in [-0.4, -0.2) is 23.2 Å². The van der Waals surface area contributed by atoms with Crippen molar-refractivity contribution in [3.63, 3.8) is 0 Å². The molecule has 0 rings (SSSR count). The summed E-state index contributed by atoms with van der Waals surface area (Å²) in [6.45, 7) is 1.37. The molecule has 0 amide bonds. The van der Waals surface area contributed by atoms with Crippen LogP contribution in [0.1, 0.15) is 6.92 Å². The largest absolute Gasteiger partial charge is 0.391 e. The molecule has 0 aromatic heterocycles. The molecule has 0 aromatic rings. The highest BCUT2D eigenvalue weighted by Gasteiger charge is 2.19. The Kier molecular flexibility index (Phi) is 3.53. The zero-order valence-electron chi connectivity index (χ0n) is 4.87. The van der Waals surface area contributed by atoms with Crippen LogP contribution >= 0.6 is 11.9 Å². The molecule has 2 atom stereocenters. The van der Waals surface area contributed by atoms with Gasteiger partial charge < -0.3 is 15.1 Å². The third-order valence-corrected chi connectivity index (χ3v) is 1.02. The fourth-order valence-electron chi connectivity index (χ4n) is 0.248. The van der Waals surface area contributed by atoms with Gasteiger partial charge in [0, 0.05) is 0 Å². The molecule has 0 saturated heterocycles. The van der Waals surface area contributed by atoms with Crippen LogP contribution in [0, 0.1) is 0 Å². The first-order valence-electron chi connectivity index (χ1n) is 2.35. The van der Waals surface area contributed by atoms with Crippen molar-refractivity contribution in [2.45, 2.75) is 19.1 Å². The quantitative estimate of drug-likeness (QED) is 0.555. The lowest BCUT2D eigenvalue weighted by molar-refractivity contribution is -0.137. The number of aliphatic hydroxyl groups excluding tert-OH is 1. The fourth-order valence-corrected chi connectivity index (χ4v) is 0.351. The van der Waals surface area contributed by atoms with Crippen molar-refractivity contribution < 1.29 is 14.2 Å². The van der Waals surface area contributed by atoms with Gasteiger partial charge in [-0.05, 0) is 6.92 Å². The number of nitrogens with two attached hydrogens (primary N) is 1. The van der Waals surface area contributed by atoms with Gasteiger partial charge in [0.25, 0.3) is 0 Å². The third kappa shape index (κ3) is 2.64. The summed E-state index contributed by atoms with van der Waals surface area (Å²) < 4.78 is 3.72. The molecule has 0 fully saturated rings. The van der Waals surface area contributed by atoms with E-state index < -0.39 is 18.1 Å². The summed E-state index contributed by atoms with van der Waals surface area (Å²) in [5, 5.41) is 8.64. The lowest BCUT2D eigenvalue weighted by Gasteiger charge is -2.08. The highest BCUT2D eigenvalue weighted by atomic mass is 35.5. The maximum absolute atomic E-state index is 10.3. The van der Waals surface area contributed by atoms with Crippen LogP contribution in [0.3, 0.4) is 0 Å². The SMILES string of the molecule is C[C@@H](O)[C@H](N)C(=O)OCl. The Labute approximate surface area is 57.7 Å². The molecule has 0 aliphatic rings. The molecule has 3 N–H and O–H groups in total. The fraction of sp³-hybridized carbons (Fsp3) is 0.750. The molecule has 0 bridgehead atoms. The van der Waals surface area contributed by atoms with E-state index in [0.717, 1.165) is 0 Å². The summed E-state index contributed by atoms with van der Waals surface area (Å²) >= 11 is 4.65. The van der Waals surface area contributed by atoms with Gasteiger partial charge in [0.2, 0.25) is 0 Å². The zero-order chi connectivity index (χ0) is 7.44. The first-order valence-corrected chi connectivity index (χ1v) is 2.66. The minimum absolute atomic E-state index is 0.827. The first kappa shape index (κ1) is 8.68. The lowest BCUT2D eigenvalue weighted by atomic mass is 10.2. The van der Waals surface area contributed by atoms with Crippen LogP contribution in [0.2, 0.25) is 0 Å². The number of hydrogen-bond acceptors (Lipinski definition) is 4. The summed E-state index contributed by atoms with van der Waals surface area (Å²) in [6.07, 6.45) is -0.934. The van der Waals surface area contributed by atoms with E-state index in [0.29, 0.717) is 0 Å². The average Bonchev–Trinajstić information content (AvgIpc) is 1.84. The van der Waals surface area contributed by atoms with Crippen molar-refractivity contribution in [1.82, 2.24) is 0 Å². The molecule has 0 aliphatic carbocycles. The van der Waals surface area contributed by atoms with Gasteiger partial charge in [-0.25, -0.2) is 4.79 Å². The molecular formula is C4H8ClNO3. The van der Waals surface area contributed by atoms with Crippen LogP contribution in [0.4, 0.5) is 0 Å². The van der Waals surface area contributed by atoms with E-state index in [-0.39, 0.29) is 0 Å². The molecule has 9 heavy (non-hydrogen) atoms. The first-order chi connectivity index (χ1) is 4.09. The summed E-state index contributed by atoms with van der Waals surface area (Å²) in [6, 6.07) is -1.05. The Morgan fingerprint density at radius 2 is 2.33 bits per heavy atom. The van der Waals surface area contributed by atoms with Gasteiger partial charge in [-0.15, -0.1) is 0 Å². The van der Waals surface area contributed by atoms with Crippen molar-refractivity contribution in [2.75, 3.05) is 0 Å². The van der Waals surface area contributed by atoms with Crippen LogP contribution in [0.15, 0.2) is 0 Å². The van der Waals surface area contributed by atoms with Crippen LogP contribution < -0.4 is 5.73 Å². The van der Waals surface area contributed by atoms with Crippen molar-refractivity contribution in [2.24, 2.45) is 5.73 Å². The van der Waals surface area contributed by atoms with E-state index in [9.17, 15) is 4.79 Å². The Balaban J connectivity index is 3.72. The Bertz CT molecular complexity index is 106. The van der Waals surface area contributed by atoms with E-state index in [1.165, 1.54) is 6.92 Å². The van der Waals surface area contributed by atoms with Crippen molar-refractivity contribution in [3.05, 3.63) is 0 Å². The highest BCUT2D eigenvalue weighted by molar-refractivity contribution is 6.13. The minimum atomic E-state index is -1.05. The molecule has 4 nitrogen and oxygen atoms in total. The number of carbonyl (C=O) groups excluding carboxylic acids is 1. The number of carbonyl (C=O) groups is 1. The van der Waals surface area contributed by atoms with Crippen LogP contribution in [0.25, 0.3) is 0 Å². The minimum Gasteiger partial charge on any atom is -0.391 e. The second kappa shape index (κ2) is 3.66. The molecule has 0 unspecified atom stereocenters. The van der Waals surface area contributed by atoms with Crippen molar-refractivity contribution in [3.8, 4) is 0 Å². The summed E-state index contributed by atoms with van der Waals surface area (Å²) in [5.41, 5.74) is 5.06. The molecule has 0 aromatic carbocycles. The predicted molar refractivity (Wildman–Crippen MR) is 31.6 cm³/mol. The highest BCUT2D eigenvalue weighted by Crippen LogP contribution is 1.93. The molecule has 0 saturated carbocycles. The summed E-state index contributed by atoms with van der Waals surface area (Å²) in [4.78, 5) is 10.3. The average molecular weight is 154 g/mol. The normalized spacial score (nSPS) is 16.4. The topological polar surface area (TPSA) is 72.5 Å². The van der Waals surface area contributed by atoms with E-state index in [1.54, 1.807) is 0 Å². The maximum Gasteiger partial charge on any atom is 0.343 e. The molecule has 0 heterocycles. The molecule has 0 spiro atoms. The molecule has 5 heteroatoms. The van der Waals surface area contributed by atoms with E-state index in [2.05, 4.69) is 16.2 Å². The zero-order valence-corrected chi connectivity index (χ0v) is 5.63. The Morgan fingerprint density at radius 3 is 2.44 bits per heavy atom. The molecule has 54 valence electrons. The van der Waals surface area contributed by atoms with Crippen LogP contribution in [0.5, 0.6) is 0 Å². The van der Waals surface area contributed by atoms with Crippen LogP contribution in [-0.2, 0) is 9.08 Å². The number of halogens is 1. The Morgan fingerprint density at radius 1 is 1.89 bits per heavy atom. The molecular weight excluding hydrogens is 146 g/mol. The van der Waals surface area contributed by atoms with Gasteiger partial charge >= 0.3 is 5.97 Å². The lowest BCUT2D eigenvalue weighted by Crippen LogP contribution is -2.40. The van der Waals surface area contributed by atoms with Gasteiger partial charge in [-0.3, -0.25) is 0 Å². The van der Waals surface area contributed by atoms with Gasteiger partial charge in [0.15, 0.2) is 0 Å². The standard InChI is InChI=1S/C4H8ClNO3/c1-2(7)3(6)4(8)9-5/h2-3,7H,6H2,1H3/t2-,3+/m1/s1.